The van der Waals surface area contributed by atoms with Crippen molar-refractivity contribution in [3.05, 3.63) is 114 Å². The van der Waals surface area contributed by atoms with Gasteiger partial charge in [0.25, 0.3) is 0 Å². The lowest BCUT2D eigenvalue weighted by Gasteiger charge is -2.25. The molecule has 0 saturated heterocycles. The van der Waals surface area contributed by atoms with Crippen molar-refractivity contribution >= 4 is 33.0 Å². The Balaban J connectivity index is 1.90. The molecule has 0 saturated carbocycles. The van der Waals surface area contributed by atoms with Crippen LogP contribution in [0.3, 0.4) is 0 Å². The molecule has 1 nitrogen and oxygen atoms in total. The second-order valence-electron chi connectivity index (χ2n) is 5.75. The molecule has 126 valence electrons. The van der Waals surface area contributed by atoms with E-state index in [-0.39, 0.29) is 34.3 Å². The van der Waals surface area contributed by atoms with Crippen molar-refractivity contribution < 1.29 is 5.48 Å². The highest BCUT2D eigenvalue weighted by Crippen LogP contribution is 2.35. The van der Waals surface area contributed by atoms with Gasteiger partial charge in [0, 0.05) is 21.5 Å². The molecule has 0 fully saturated rings. The van der Waals surface area contributed by atoms with Gasteiger partial charge in [-0.25, -0.2) is 0 Å². The minimum atomic E-state index is -0.104. The number of para-hydroxylation sites is 1. The zero-order valence-electron chi connectivity index (χ0n) is 17.9. The third-order valence-electron chi connectivity index (χ3n) is 4.05. The number of hydrogen-bond donors (Lipinski definition) is 0. The fourth-order valence-electron chi connectivity index (χ4n) is 2.82. The molecular formula is C24H18BrN. The number of benzene rings is 4. The lowest BCUT2D eigenvalue weighted by atomic mass is 10.0. The lowest BCUT2D eigenvalue weighted by Crippen LogP contribution is -2.09. The van der Waals surface area contributed by atoms with Gasteiger partial charge in [0.2, 0.25) is 0 Å². The minimum absolute atomic E-state index is 0.0983. The molecule has 0 radical (unpaired) electrons. The van der Waals surface area contributed by atoms with Crippen LogP contribution in [0, 0.1) is 0 Å². The van der Waals surface area contributed by atoms with Crippen molar-refractivity contribution in [2.24, 2.45) is 0 Å². The summed E-state index contributed by atoms with van der Waals surface area (Å²) in [6, 6.07) is 26.9. The van der Waals surface area contributed by atoms with Crippen LogP contribution in [0.15, 0.2) is 114 Å². The van der Waals surface area contributed by atoms with E-state index >= 15 is 0 Å². The van der Waals surface area contributed by atoms with Crippen LogP contribution in [-0.4, -0.2) is 0 Å². The van der Waals surface area contributed by atoms with Crippen molar-refractivity contribution in [1.29, 1.82) is 0 Å². The summed E-state index contributed by atoms with van der Waals surface area (Å²) >= 11 is 3.18. The summed E-state index contributed by atoms with van der Waals surface area (Å²) in [7, 11) is 0. The van der Waals surface area contributed by atoms with E-state index in [2.05, 4.69) is 15.9 Å². The van der Waals surface area contributed by atoms with E-state index in [4.69, 9.17) is 5.48 Å². The number of hydrogen-bond acceptors (Lipinski definition) is 1. The van der Waals surface area contributed by atoms with Crippen LogP contribution >= 0.6 is 15.9 Å². The molecule has 0 spiro atoms. The van der Waals surface area contributed by atoms with Crippen LogP contribution in [0.25, 0.3) is 11.1 Å². The van der Waals surface area contributed by atoms with E-state index in [1.165, 1.54) is 0 Å². The molecular weight excluding hydrogens is 382 g/mol. The maximum absolute atomic E-state index is 8.52. The van der Waals surface area contributed by atoms with Crippen LogP contribution < -0.4 is 4.90 Å². The molecule has 4 aromatic carbocycles. The Kier molecular flexibility index (Phi) is 3.65. The molecule has 0 bridgehead atoms. The fourth-order valence-corrected chi connectivity index (χ4v) is 3.02. The molecule has 2 heteroatoms. The first kappa shape index (κ1) is 12.5. The third kappa shape index (κ3) is 3.56. The van der Waals surface area contributed by atoms with Gasteiger partial charge in [-0.1, -0.05) is 76.6 Å². The van der Waals surface area contributed by atoms with Gasteiger partial charge in [0.1, 0.15) is 0 Å². The van der Waals surface area contributed by atoms with Gasteiger partial charge in [-0.3, -0.25) is 0 Å². The average Bonchev–Trinajstić information content (AvgIpc) is 2.80. The monoisotopic (exact) mass is 403 g/mol. The van der Waals surface area contributed by atoms with E-state index in [1.807, 2.05) is 84.9 Å². The summed E-state index contributed by atoms with van der Waals surface area (Å²) in [5.74, 6) is 0. The van der Waals surface area contributed by atoms with Crippen molar-refractivity contribution in [3.8, 4) is 11.1 Å². The topological polar surface area (TPSA) is 3.24 Å². The molecule has 0 aliphatic heterocycles. The first-order valence-corrected chi connectivity index (χ1v) is 9.05. The van der Waals surface area contributed by atoms with E-state index < -0.39 is 0 Å². The van der Waals surface area contributed by atoms with Gasteiger partial charge in [-0.05, 0) is 59.6 Å². The fraction of sp³-hybridized carbons (Fsp3) is 0. The second-order valence-corrected chi connectivity index (χ2v) is 6.54. The quantitative estimate of drug-likeness (QED) is 0.339. The Bertz CT molecular complexity index is 1150. The largest absolute Gasteiger partial charge is 0.311 e. The summed E-state index contributed by atoms with van der Waals surface area (Å²) < 4.78 is 33.6. The predicted molar refractivity (Wildman–Crippen MR) is 114 cm³/mol. The average molecular weight is 404 g/mol. The Hall–Kier alpha value is -2.84. The maximum Gasteiger partial charge on any atom is 0.0645 e. The standard InChI is InChI=1S/C24H18BrN/c25-21-13-17-24(18-14-21)26(22-9-5-2-6-10-22)23-15-11-20(12-16-23)19-7-3-1-4-8-19/h1-18H/i13D,14D,17D,18D. The van der Waals surface area contributed by atoms with E-state index in [0.717, 1.165) is 22.5 Å². The van der Waals surface area contributed by atoms with Gasteiger partial charge >= 0.3 is 0 Å². The highest BCUT2D eigenvalue weighted by Gasteiger charge is 2.12. The zero-order chi connectivity index (χ0) is 21.3. The third-order valence-corrected chi connectivity index (χ3v) is 4.45. The van der Waals surface area contributed by atoms with Gasteiger partial charge < -0.3 is 4.90 Å². The number of nitrogens with zero attached hydrogens (tertiary/aromatic N) is 1. The van der Waals surface area contributed by atoms with Crippen molar-refractivity contribution in [2.45, 2.75) is 0 Å². The molecule has 4 rings (SSSR count). The van der Waals surface area contributed by atoms with Crippen molar-refractivity contribution in [2.75, 3.05) is 4.90 Å². The smallest absolute Gasteiger partial charge is 0.0645 e. The lowest BCUT2D eigenvalue weighted by molar-refractivity contribution is 1.28. The molecule has 0 amide bonds. The van der Waals surface area contributed by atoms with Crippen molar-refractivity contribution in [1.82, 2.24) is 0 Å². The van der Waals surface area contributed by atoms with E-state index in [0.29, 0.717) is 0 Å². The van der Waals surface area contributed by atoms with Gasteiger partial charge in [0.15, 0.2) is 0 Å². The molecule has 0 aliphatic rings. The normalized spacial score (nSPS) is 12.7. The predicted octanol–water partition coefficient (Wildman–Crippen LogP) is 7.59. The Labute approximate surface area is 168 Å². The van der Waals surface area contributed by atoms with E-state index in [9.17, 15) is 0 Å². The molecule has 0 aromatic heterocycles. The zero-order valence-corrected chi connectivity index (χ0v) is 15.5. The molecule has 0 heterocycles. The minimum Gasteiger partial charge on any atom is -0.311 e. The number of rotatable bonds is 4. The molecule has 26 heavy (non-hydrogen) atoms. The van der Waals surface area contributed by atoms with Crippen LogP contribution in [0.1, 0.15) is 5.48 Å². The summed E-state index contributed by atoms with van der Waals surface area (Å²) in [5.41, 5.74) is 3.88. The van der Waals surface area contributed by atoms with Gasteiger partial charge in [-0.2, -0.15) is 0 Å². The maximum atomic E-state index is 8.52. The first-order valence-electron chi connectivity index (χ1n) is 10.3. The Morgan fingerprint density at radius 1 is 0.538 bits per heavy atom. The van der Waals surface area contributed by atoms with Gasteiger partial charge in [0.05, 0.1) is 5.48 Å². The number of halogens is 1. The van der Waals surface area contributed by atoms with Crippen LogP contribution in [0.5, 0.6) is 0 Å². The summed E-state index contributed by atoms with van der Waals surface area (Å²) in [6.45, 7) is 0. The van der Waals surface area contributed by atoms with Crippen LogP contribution in [-0.2, 0) is 0 Å². The summed E-state index contributed by atoms with van der Waals surface area (Å²) in [6.07, 6.45) is 0. The second kappa shape index (κ2) is 7.59. The van der Waals surface area contributed by atoms with Gasteiger partial charge in [-0.15, -0.1) is 0 Å². The molecule has 0 N–H and O–H groups in total. The summed E-state index contributed by atoms with van der Waals surface area (Å²) in [5, 5.41) is 0. The highest BCUT2D eigenvalue weighted by molar-refractivity contribution is 9.10. The first-order chi connectivity index (χ1) is 14.5. The van der Waals surface area contributed by atoms with Crippen LogP contribution in [0.2, 0.25) is 0 Å². The Morgan fingerprint density at radius 2 is 1.04 bits per heavy atom. The highest BCUT2D eigenvalue weighted by atomic mass is 79.9. The molecule has 4 aromatic rings. The summed E-state index contributed by atoms with van der Waals surface area (Å²) in [4.78, 5) is 1.77. The SMILES string of the molecule is [2H]c1c([2H])c(N(c2ccccc2)c2ccc(-c3ccccc3)cc2)c([2H])c([2H])c1Br. The molecule has 0 atom stereocenters. The van der Waals surface area contributed by atoms with E-state index in [1.54, 1.807) is 4.90 Å². The van der Waals surface area contributed by atoms with Crippen LogP contribution in [0.4, 0.5) is 17.1 Å². The molecule has 0 unspecified atom stereocenters. The number of anilines is 3. The van der Waals surface area contributed by atoms with Crippen molar-refractivity contribution in [3.63, 3.8) is 0 Å². The Morgan fingerprint density at radius 3 is 1.65 bits per heavy atom. The molecule has 0 aliphatic carbocycles.